The summed E-state index contributed by atoms with van der Waals surface area (Å²) in [6, 6.07) is 13.4. The van der Waals surface area contributed by atoms with Crippen LogP contribution in [0.15, 0.2) is 58.6 Å². The topological polar surface area (TPSA) is 74.1 Å². The van der Waals surface area contributed by atoms with Gasteiger partial charge in [0.1, 0.15) is 5.75 Å². The summed E-state index contributed by atoms with van der Waals surface area (Å²) < 4.78 is 6.33. The Hall–Kier alpha value is -2.64. The molecule has 6 nitrogen and oxygen atoms in total. The molecule has 0 bridgehead atoms. The van der Waals surface area contributed by atoms with Gasteiger partial charge in [-0.25, -0.2) is 0 Å². The highest BCUT2D eigenvalue weighted by Gasteiger charge is 2.44. The molecule has 1 amide bonds. The van der Waals surface area contributed by atoms with Crippen molar-refractivity contribution >= 4 is 33.4 Å². The Morgan fingerprint density at radius 1 is 1.03 bits per heavy atom. The van der Waals surface area contributed by atoms with E-state index in [1.807, 2.05) is 31.2 Å². The highest BCUT2D eigenvalue weighted by atomic mass is 79.9. The molecule has 1 atom stereocenters. The first-order valence-corrected chi connectivity index (χ1v) is 11.8. The van der Waals surface area contributed by atoms with Gasteiger partial charge in [-0.3, -0.25) is 9.59 Å². The number of ether oxygens (including phenoxy) is 1. The number of amides is 1. The Labute approximate surface area is 197 Å². The first kappa shape index (κ1) is 24.0. The number of hydrogen-bond donors (Lipinski definition) is 1. The summed E-state index contributed by atoms with van der Waals surface area (Å²) in [6.07, 6.45) is 0. The smallest absolute Gasteiger partial charge is 0.295 e. The molecular formula is C25H29BrN2O4. The van der Waals surface area contributed by atoms with Gasteiger partial charge in [-0.05, 0) is 56.2 Å². The van der Waals surface area contributed by atoms with E-state index in [9.17, 15) is 14.7 Å². The number of nitrogens with one attached hydrogen (secondary N) is 1. The summed E-state index contributed by atoms with van der Waals surface area (Å²) in [4.78, 5) is 28.9. The molecule has 3 rings (SSSR count). The molecule has 0 saturated carbocycles. The Morgan fingerprint density at radius 3 is 2.22 bits per heavy atom. The minimum Gasteiger partial charge on any atom is -0.872 e. The first-order chi connectivity index (χ1) is 15.4. The summed E-state index contributed by atoms with van der Waals surface area (Å²) in [7, 11) is 0. The van der Waals surface area contributed by atoms with Crippen LogP contribution in [0.1, 0.15) is 37.9 Å². The zero-order chi connectivity index (χ0) is 23.3. The third-order valence-electron chi connectivity index (χ3n) is 5.85. The van der Waals surface area contributed by atoms with Crippen LogP contribution in [0.25, 0.3) is 5.76 Å². The van der Waals surface area contributed by atoms with Gasteiger partial charge in [-0.1, -0.05) is 46.0 Å². The van der Waals surface area contributed by atoms with Crippen LogP contribution < -0.4 is 14.7 Å². The quantitative estimate of drug-likeness (QED) is 0.324. The Bertz CT molecular complexity index is 982. The number of likely N-dealkylation sites (N-methyl/N-ethyl adjacent to an activating group) is 1. The van der Waals surface area contributed by atoms with Gasteiger partial charge < -0.3 is 19.6 Å². The third-order valence-corrected chi connectivity index (χ3v) is 6.38. The minimum absolute atomic E-state index is 0.0102. The summed E-state index contributed by atoms with van der Waals surface area (Å²) in [5.41, 5.74) is 1.12. The monoisotopic (exact) mass is 500 g/mol. The fraction of sp³-hybridized carbons (Fsp3) is 0.360. The van der Waals surface area contributed by atoms with Gasteiger partial charge in [0, 0.05) is 10.0 Å². The number of quaternary nitrogens is 1. The van der Waals surface area contributed by atoms with Crippen LogP contribution in [-0.4, -0.2) is 49.4 Å². The lowest BCUT2D eigenvalue weighted by Gasteiger charge is -2.28. The lowest BCUT2D eigenvalue weighted by atomic mass is 9.95. The highest BCUT2D eigenvalue weighted by Crippen LogP contribution is 2.38. The van der Waals surface area contributed by atoms with Crippen LogP contribution in [0.5, 0.6) is 5.75 Å². The van der Waals surface area contributed by atoms with E-state index in [4.69, 9.17) is 4.74 Å². The van der Waals surface area contributed by atoms with Gasteiger partial charge in [-0.15, -0.1) is 0 Å². The highest BCUT2D eigenvalue weighted by molar-refractivity contribution is 9.10. The maximum Gasteiger partial charge on any atom is 0.295 e. The number of Topliss-reactive ketones (excluding diaryl/α,β-unsaturated/α-hetero) is 1. The molecule has 2 aromatic carbocycles. The lowest BCUT2D eigenvalue weighted by molar-refractivity contribution is -0.895. The molecule has 1 N–H and O–H groups in total. The van der Waals surface area contributed by atoms with Crippen molar-refractivity contribution in [2.75, 3.05) is 32.8 Å². The van der Waals surface area contributed by atoms with Crippen LogP contribution in [-0.2, 0) is 9.59 Å². The molecule has 2 aromatic rings. The standard InChI is InChI=1S/C25H29BrN2O4/c1-4-27(5-2)15-16-28-22(17-7-11-19(26)12-8-17)21(24(30)25(28)31)23(29)18-9-13-20(14-10-18)32-6-3/h7-14,22,29H,4-6,15-16H2,1-3H3. The number of ketones is 1. The summed E-state index contributed by atoms with van der Waals surface area (Å²) in [5, 5.41) is 13.4. The van der Waals surface area contributed by atoms with E-state index < -0.39 is 23.5 Å². The van der Waals surface area contributed by atoms with Gasteiger partial charge in [0.25, 0.3) is 5.91 Å². The Balaban J connectivity index is 2.05. The largest absolute Gasteiger partial charge is 0.872 e. The van der Waals surface area contributed by atoms with Crippen molar-refractivity contribution < 1.29 is 24.3 Å². The predicted octanol–water partition coefficient (Wildman–Crippen LogP) is 2.00. The SMILES string of the molecule is CCOc1ccc(C([O-])=C2C(=O)C(=O)N(CC[NH+](CC)CC)C2c2ccc(Br)cc2)cc1. The molecule has 32 heavy (non-hydrogen) atoms. The van der Waals surface area contributed by atoms with E-state index in [1.54, 1.807) is 29.2 Å². The summed E-state index contributed by atoms with van der Waals surface area (Å²) >= 11 is 3.43. The molecule has 7 heteroatoms. The lowest BCUT2D eigenvalue weighted by Crippen LogP contribution is -3.12. The van der Waals surface area contributed by atoms with E-state index in [0.717, 1.165) is 23.1 Å². The van der Waals surface area contributed by atoms with Crippen molar-refractivity contribution in [2.24, 2.45) is 0 Å². The Kier molecular flexibility index (Phi) is 8.10. The molecule has 1 saturated heterocycles. The summed E-state index contributed by atoms with van der Waals surface area (Å²) in [5.74, 6) is -1.10. The maximum absolute atomic E-state index is 13.4. The first-order valence-electron chi connectivity index (χ1n) is 11.0. The van der Waals surface area contributed by atoms with E-state index >= 15 is 0 Å². The summed E-state index contributed by atoms with van der Waals surface area (Å²) in [6.45, 7) is 9.56. The van der Waals surface area contributed by atoms with Crippen molar-refractivity contribution in [1.82, 2.24) is 4.90 Å². The second-order valence-electron chi connectivity index (χ2n) is 7.69. The van der Waals surface area contributed by atoms with Crippen LogP contribution in [0.3, 0.4) is 0 Å². The molecule has 1 aliphatic heterocycles. The molecule has 0 aromatic heterocycles. The van der Waals surface area contributed by atoms with Gasteiger partial charge in [-0.2, -0.15) is 0 Å². The number of likely N-dealkylation sites (tertiary alicyclic amines) is 1. The van der Waals surface area contributed by atoms with Crippen molar-refractivity contribution in [3.05, 3.63) is 69.7 Å². The number of benzene rings is 2. The van der Waals surface area contributed by atoms with Crippen molar-refractivity contribution in [2.45, 2.75) is 26.8 Å². The second-order valence-corrected chi connectivity index (χ2v) is 8.60. The van der Waals surface area contributed by atoms with Crippen LogP contribution in [0, 0.1) is 0 Å². The van der Waals surface area contributed by atoms with Crippen LogP contribution in [0.2, 0.25) is 0 Å². The van der Waals surface area contributed by atoms with E-state index in [2.05, 4.69) is 29.8 Å². The van der Waals surface area contributed by atoms with E-state index in [0.29, 0.717) is 31.0 Å². The molecule has 0 radical (unpaired) electrons. The number of halogens is 1. The van der Waals surface area contributed by atoms with Gasteiger partial charge in [0.05, 0.1) is 38.8 Å². The molecule has 0 spiro atoms. The zero-order valence-electron chi connectivity index (χ0n) is 18.7. The molecule has 170 valence electrons. The molecule has 1 unspecified atom stereocenters. The number of carbonyl (C=O) groups is 2. The van der Waals surface area contributed by atoms with Gasteiger partial charge in [0.2, 0.25) is 5.78 Å². The van der Waals surface area contributed by atoms with Crippen molar-refractivity contribution in [3.63, 3.8) is 0 Å². The third kappa shape index (κ3) is 5.05. The zero-order valence-corrected chi connectivity index (χ0v) is 20.3. The number of rotatable bonds is 9. The van der Waals surface area contributed by atoms with Crippen molar-refractivity contribution in [1.29, 1.82) is 0 Å². The van der Waals surface area contributed by atoms with Crippen LogP contribution in [0.4, 0.5) is 0 Å². The molecule has 1 heterocycles. The van der Waals surface area contributed by atoms with E-state index in [1.165, 1.54) is 4.90 Å². The average Bonchev–Trinajstić information content (AvgIpc) is 3.05. The van der Waals surface area contributed by atoms with Gasteiger partial charge in [0.15, 0.2) is 0 Å². The minimum atomic E-state index is -0.716. The fourth-order valence-electron chi connectivity index (χ4n) is 4.00. The Morgan fingerprint density at radius 2 is 1.66 bits per heavy atom. The molecule has 1 aliphatic rings. The number of nitrogens with zero attached hydrogens (tertiary/aromatic N) is 1. The molecule has 1 fully saturated rings. The van der Waals surface area contributed by atoms with Crippen molar-refractivity contribution in [3.8, 4) is 5.75 Å². The van der Waals surface area contributed by atoms with Crippen LogP contribution >= 0.6 is 15.9 Å². The normalized spacial score (nSPS) is 17.9. The average molecular weight is 501 g/mol. The molecule has 0 aliphatic carbocycles. The molecular weight excluding hydrogens is 472 g/mol. The van der Waals surface area contributed by atoms with E-state index in [-0.39, 0.29) is 5.57 Å². The fourth-order valence-corrected chi connectivity index (χ4v) is 4.26. The number of hydrogen-bond acceptors (Lipinski definition) is 4. The second kappa shape index (κ2) is 10.8. The predicted molar refractivity (Wildman–Crippen MR) is 125 cm³/mol. The van der Waals surface area contributed by atoms with Gasteiger partial charge >= 0.3 is 0 Å². The maximum atomic E-state index is 13.4. The number of carbonyl (C=O) groups excluding carboxylic acids is 2.